The fraction of sp³-hybridized carbons (Fsp3) is 0.467. The number of aromatic nitrogens is 1. The number of aromatic hydroxyl groups is 1. The topological polar surface area (TPSA) is 39.3 Å². The summed E-state index contributed by atoms with van der Waals surface area (Å²) >= 11 is 0. The maximum Gasteiger partial charge on any atom is 0.116 e. The number of hydrogen-bond acceptors (Lipinski definition) is 2. The second kappa shape index (κ2) is 5.02. The van der Waals surface area contributed by atoms with Crippen molar-refractivity contribution in [3.63, 3.8) is 0 Å². The van der Waals surface area contributed by atoms with Crippen molar-refractivity contribution in [2.45, 2.75) is 32.2 Å². The van der Waals surface area contributed by atoms with Crippen molar-refractivity contribution in [1.29, 1.82) is 0 Å². The van der Waals surface area contributed by atoms with Gasteiger partial charge in [0.2, 0.25) is 0 Å². The summed E-state index contributed by atoms with van der Waals surface area (Å²) in [4.78, 5) is 5.96. The van der Waals surface area contributed by atoms with E-state index in [4.69, 9.17) is 0 Å². The Morgan fingerprint density at radius 1 is 1.06 bits per heavy atom. The molecule has 0 amide bonds. The van der Waals surface area contributed by atoms with Crippen LogP contribution < -0.4 is 0 Å². The third-order valence-electron chi connectivity index (χ3n) is 3.75. The van der Waals surface area contributed by atoms with E-state index in [-0.39, 0.29) is 0 Å². The predicted molar refractivity (Wildman–Crippen MR) is 73.7 cm³/mol. The van der Waals surface area contributed by atoms with Gasteiger partial charge in [-0.05, 0) is 50.2 Å². The minimum absolute atomic E-state index is 0.336. The van der Waals surface area contributed by atoms with Crippen LogP contribution >= 0.6 is 0 Å². The number of likely N-dealkylation sites (tertiary alicyclic amines) is 1. The number of hydrogen-bond donors (Lipinski definition) is 2. The number of aromatic amines is 1. The van der Waals surface area contributed by atoms with Gasteiger partial charge < -0.3 is 10.1 Å². The van der Waals surface area contributed by atoms with E-state index >= 15 is 0 Å². The molecular weight excluding hydrogens is 224 g/mol. The van der Waals surface area contributed by atoms with E-state index in [1.807, 2.05) is 12.1 Å². The largest absolute Gasteiger partial charge is 0.508 e. The Bertz CT molecular complexity index is 524. The summed E-state index contributed by atoms with van der Waals surface area (Å²) in [5.74, 6) is 0.336. The van der Waals surface area contributed by atoms with Gasteiger partial charge in [-0.15, -0.1) is 0 Å². The molecular formula is C15H20N2O. The Labute approximate surface area is 107 Å². The molecule has 0 radical (unpaired) electrons. The lowest BCUT2D eigenvalue weighted by atomic mass is 10.2. The van der Waals surface area contributed by atoms with E-state index < -0.39 is 0 Å². The van der Waals surface area contributed by atoms with Crippen molar-refractivity contribution in [2.75, 3.05) is 13.1 Å². The number of nitrogens with one attached hydrogen (secondary N) is 1. The molecule has 2 heterocycles. The van der Waals surface area contributed by atoms with Gasteiger partial charge in [-0.25, -0.2) is 0 Å². The van der Waals surface area contributed by atoms with Gasteiger partial charge in [0.15, 0.2) is 0 Å². The Kier molecular flexibility index (Phi) is 3.24. The van der Waals surface area contributed by atoms with Crippen LogP contribution in [0.1, 0.15) is 31.4 Å². The van der Waals surface area contributed by atoms with E-state index in [0.29, 0.717) is 5.75 Å². The van der Waals surface area contributed by atoms with Crippen LogP contribution in [0.2, 0.25) is 0 Å². The zero-order valence-corrected chi connectivity index (χ0v) is 10.7. The lowest BCUT2D eigenvalue weighted by molar-refractivity contribution is 0.274. The zero-order chi connectivity index (χ0) is 12.4. The Hall–Kier alpha value is -1.48. The van der Waals surface area contributed by atoms with Crippen LogP contribution in [0.4, 0.5) is 0 Å². The molecule has 3 rings (SSSR count). The fourth-order valence-electron chi connectivity index (χ4n) is 2.80. The molecule has 96 valence electrons. The van der Waals surface area contributed by atoms with Gasteiger partial charge in [0.1, 0.15) is 5.75 Å². The van der Waals surface area contributed by atoms with Crippen molar-refractivity contribution < 1.29 is 5.11 Å². The van der Waals surface area contributed by atoms with Gasteiger partial charge in [0, 0.05) is 23.1 Å². The third-order valence-corrected chi connectivity index (χ3v) is 3.75. The molecule has 1 aromatic carbocycles. The van der Waals surface area contributed by atoms with Crippen molar-refractivity contribution >= 4 is 10.9 Å². The average molecular weight is 244 g/mol. The highest BCUT2D eigenvalue weighted by Crippen LogP contribution is 2.22. The number of phenols is 1. The highest BCUT2D eigenvalue weighted by atomic mass is 16.3. The minimum Gasteiger partial charge on any atom is -0.508 e. The first-order valence-electron chi connectivity index (χ1n) is 6.84. The Morgan fingerprint density at radius 3 is 2.61 bits per heavy atom. The molecule has 3 nitrogen and oxygen atoms in total. The second-order valence-electron chi connectivity index (χ2n) is 5.26. The molecule has 0 bridgehead atoms. The standard InChI is InChI=1S/C15H20N2O/c18-14-5-6-15-12(10-14)9-13(16-15)11-17-7-3-1-2-4-8-17/h5-6,9-10,16,18H,1-4,7-8,11H2. The molecule has 1 fully saturated rings. The monoisotopic (exact) mass is 244 g/mol. The zero-order valence-electron chi connectivity index (χ0n) is 10.7. The molecule has 2 N–H and O–H groups in total. The first-order valence-corrected chi connectivity index (χ1v) is 6.84. The van der Waals surface area contributed by atoms with Crippen LogP contribution in [0, 0.1) is 0 Å². The van der Waals surface area contributed by atoms with Gasteiger partial charge in [-0.1, -0.05) is 12.8 Å². The van der Waals surface area contributed by atoms with Gasteiger partial charge in [-0.3, -0.25) is 4.90 Å². The smallest absolute Gasteiger partial charge is 0.116 e. The SMILES string of the molecule is Oc1ccc2[nH]c(CN3CCCCCC3)cc2c1. The van der Waals surface area contributed by atoms with Gasteiger partial charge in [0.25, 0.3) is 0 Å². The normalized spacial score (nSPS) is 18.0. The van der Waals surface area contributed by atoms with Crippen molar-refractivity contribution in [1.82, 2.24) is 9.88 Å². The summed E-state index contributed by atoms with van der Waals surface area (Å²) in [6, 6.07) is 7.64. The van der Waals surface area contributed by atoms with Crippen molar-refractivity contribution in [3.05, 3.63) is 30.0 Å². The number of benzene rings is 1. The molecule has 1 aliphatic heterocycles. The second-order valence-corrected chi connectivity index (χ2v) is 5.26. The van der Waals surface area contributed by atoms with Crippen LogP contribution in [0.15, 0.2) is 24.3 Å². The molecule has 1 aliphatic rings. The maximum absolute atomic E-state index is 9.47. The highest BCUT2D eigenvalue weighted by Gasteiger charge is 2.10. The molecule has 0 atom stereocenters. The van der Waals surface area contributed by atoms with E-state index in [1.54, 1.807) is 6.07 Å². The van der Waals surface area contributed by atoms with E-state index in [9.17, 15) is 5.11 Å². The Balaban J connectivity index is 1.77. The predicted octanol–water partition coefficient (Wildman–Crippen LogP) is 3.25. The average Bonchev–Trinajstić information content (AvgIpc) is 2.57. The summed E-state index contributed by atoms with van der Waals surface area (Å²) < 4.78 is 0. The van der Waals surface area contributed by atoms with Crippen LogP contribution in [0.25, 0.3) is 10.9 Å². The number of H-pyrrole nitrogens is 1. The lowest BCUT2D eigenvalue weighted by Crippen LogP contribution is -2.24. The van der Waals surface area contributed by atoms with E-state index in [2.05, 4.69) is 16.0 Å². The van der Waals surface area contributed by atoms with Crippen LogP contribution in [-0.2, 0) is 6.54 Å². The summed E-state index contributed by atoms with van der Waals surface area (Å²) in [6.07, 6.45) is 5.39. The maximum atomic E-state index is 9.47. The summed E-state index contributed by atoms with van der Waals surface area (Å²) in [7, 11) is 0. The molecule has 3 heteroatoms. The van der Waals surface area contributed by atoms with E-state index in [1.165, 1.54) is 44.5 Å². The molecule has 0 aliphatic carbocycles. The van der Waals surface area contributed by atoms with Gasteiger partial charge in [0.05, 0.1) is 0 Å². The Morgan fingerprint density at radius 2 is 1.83 bits per heavy atom. The third kappa shape index (κ3) is 2.51. The number of nitrogens with zero attached hydrogens (tertiary/aromatic N) is 1. The molecule has 18 heavy (non-hydrogen) atoms. The van der Waals surface area contributed by atoms with E-state index in [0.717, 1.165) is 17.4 Å². The van der Waals surface area contributed by atoms with Crippen molar-refractivity contribution in [2.24, 2.45) is 0 Å². The van der Waals surface area contributed by atoms with Crippen molar-refractivity contribution in [3.8, 4) is 5.75 Å². The molecule has 1 aromatic heterocycles. The lowest BCUT2D eigenvalue weighted by Gasteiger charge is -2.18. The fourth-order valence-corrected chi connectivity index (χ4v) is 2.80. The summed E-state index contributed by atoms with van der Waals surface area (Å²) in [5, 5.41) is 10.6. The quantitative estimate of drug-likeness (QED) is 0.851. The number of phenolic OH excluding ortho intramolecular Hbond substituents is 1. The first-order chi connectivity index (χ1) is 8.81. The summed E-state index contributed by atoms with van der Waals surface area (Å²) in [5.41, 5.74) is 2.36. The van der Waals surface area contributed by atoms with Crippen LogP contribution in [-0.4, -0.2) is 28.1 Å². The highest BCUT2D eigenvalue weighted by molar-refractivity contribution is 5.81. The van der Waals surface area contributed by atoms with Crippen LogP contribution in [0.5, 0.6) is 5.75 Å². The first kappa shape index (κ1) is 11.6. The summed E-state index contributed by atoms with van der Waals surface area (Å²) in [6.45, 7) is 3.41. The minimum atomic E-state index is 0.336. The molecule has 2 aromatic rings. The van der Waals surface area contributed by atoms with Gasteiger partial charge in [-0.2, -0.15) is 0 Å². The van der Waals surface area contributed by atoms with Crippen LogP contribution in [0.3, 0.4) is 0 Å². The molecule has 0 saturated carbocycles. The molecule has 0 spiro atoms. The molecule has 1 saturated heterocycles. The van der Waals surface area contributed by atoms with Gasteiger partial charge >= 0.3 is 0 Å². The number of rotatable bonds is 2. The number of fused-ring (bicyclic) bond motifs is 1. The molecule has 0 unspecified atom stereocenters.